The van der Waals surface area contributed by atoms with Crippen LogP contribution in [0.3, 0.4) is 0 Å². The van der Waals surface area contributed by atoms with E-state index in [0.29, 0.717) is 35.4 Å². The summed E-state index contributed by atoms with van der Waals surface area (Å²) in [7, 11) is 0. The molecule has 3 N–H and O–H groups in total. The number of nitrogens with one attached hydrogen (secondary N) is 1. The van der Waals surface area contributed by atoms with Gasteiger partial charge in [-0.05, 0) is 54.8 Å². The van der Waals surface area contributed by atoms with Crippen LogP contribution in [0.15, 0.2) is 60.7 Å². The summed E-state index contributed by atoms with van der Waals surface area (Å²) in [5.74, 6) is -0.486. The van der Waals surface area contributed by atoms with Crippen molar-refractivity contribution in [2.75, 3.05) is 18.5 Å². The second-order valence-electron chi connectivity index (χ2n) is 8.01. The van der Waals surface area contributed by atoms with Gasteiger partial charge in [-0.2, -0.15) is 5.26 Å². The maximum Gasteiger partial charge on any atom is 0.412 e. The van der Waals surface area contributed by atoms with Crippen molar-refractivity contribution in [2.24, 2.45) is 5.41 Å². The van der Waals surface area contributed by atoms with Gasteiger partial charge < -0.3 is 19.7 Å². The van der Waals surface area contributed by atoms with Crippen LogP contribution in [0.4, 0.5) is 10.5 Å². The molecule has 0 heterocycles. The van der Waals surface area contributed by atoms with E-state index in [0.717, 1.165) is 6.08 Å². The van der Waals surface area contributed by atoms with Crippen LogP contribution in [0.25, 0.3) is 0 Å². The molecule has 33 heavy (non-hydrogen) atoms. The molecule has 0 saturated carbocycles. The molecule has 2 rings (SSSR count). The largest absolute Gasteiger partial charge is 0.491 e. The Hall–Kier alpha value is -3.83. The van der Waals surface area contributed by atoms with Crippen LogP contribution in [0.5, 0.6) is 5.75 Å². The van der Waals surface area contributed by atoms with Gasteiger partial charge in [-0.15, -0.1) is 0 Å². The third-order valence-corrected chi connectivity index (χ3v) is 4.93. The second kappa shape index (κ2) is 12.3. The van der Waals surface area contributed by atoms with Crippen LogP contribution in [0, 0.1) is 16.7 Å². The Morgan fingerprint density at radius 3 is 2.58 bits per heavy atom. The number of nitriles is 1. The number of benzene rings is 2. The van der Waals surface area contributed by atoms with Gasteiger partial charge in [0.25, 0.3) is 0 Å². The van der Waals surface area contributed by atoms with E-state index in [-0.39, 0.29) is 13.2 Å². The highest BCUT2D eigenvalue weighted by molar-refractivity contribution is 5.84. The van der Waals surface area contributed by atoms with Crippen molar-refractivity contribution in [1.29, 1.82) is 5.26 Å². The molecule has 0 aliphatic rings. The Kier molecular flexibility index (Phi) is 9.45. The minimum Gasteiger partial charge on any atom is -0.491 e. The summed E-state index contributed by atoms with van der Waals surface area (Å²) in [5, 5.41) is 29.4. The molecule has 0 saturated heterocycles. The summed E-state index contributed by atoms with van der Waals surface area (Å²) >= 11 is 0. The average molecular weight is 453 g/mol. The monoisotopic (exact) mass is 452 g/mol. The van der Waals surface area contributed by atoms with Crippen molar-refractivity contribution in [1.82, 2.24) is 0 Å². The first-order valence-corrected chi connectivity index (χ1v) is 10.5. The van der Waals surface area contributed by atoms with Crippen molar-refractivity contribution in [3.63, 3.8) is 0 Å². The van der Waals surface area contributed by atoms with Gasteiger partial charge >= 0.3 is 12.1 Å². The molecular weight excluding hydrogens is 424 g/mol. The van der Waals surface area contributed by atoms with E-state index in [1.807, 2.05) is 26.0 Å². The number of carbonyl (C=O) groups is 2. The zero-order valence-corrected chi connectivity index (χ0v) is 18.7. The van der Waals surface area contributed by atoms with E-state index in [4.69, 9.17) is 24.9 Å². The Morgan fingerprint density at radius 2 is 1.94 bits per heavy atom. The van der Waals surface area contributed by atoms with Gasteiger partial charge in [0.1, 0.15) is 18.5 Å². The number of aliphatic hydroxyl groups excluding tert-OH is 1. The zero-order chi connectivity index (χ0) is 24.3. The lowest BCUT2D eigenvalue weighted by Gasteiger charge is -2.34. The number of aliphatic hydroxyl groups is 1. The number of amides is 1. The van der Waals surface area contributed by atoms with E-state index in [1.54, 1.807) is 48.5 Å². The molecule has 174 valence electrons. The molecule has 0 radical (unpaired) electrons. The Labute approximate surface area is 193 Å². The zero-order valence-electron chi connectivity index (χ0n) is 18.7. The standard InChI is InChI=1S/C25H28N2O6/c1-25(2,13-4-3-8-22(29)30)23(19-6-5-7-21(16-19)32-15-14-28)33-24(31)27-20-11-9-18(17-26)10-12-20/h3,5-12,16,23,28H,4,13-15H2,1-2H3,(H,27,31)(H,29,30)/b8-3+/t23-/m1/s1. The Morgan fingerprint density at radius 1 is 1.21 bits per heavy atom. The lowest BCUT2D eigenvalue weighted by atomic mass is 9.78. The second-order valence-corrected chi connectivity index (χ2v) is 8.01. The van der Waals surface area contributed by atoms with Crippen LogP contribution in [0.1, 0.15) is 43.9 Å². The van der Waals surface area contributed by atoms with Crippen LogP contribution in [0.2, 0.25) is 0 Å². The molecule has 1 amide bonds. The summed E-state index contributed by atoms with van der Waals surface area (Å²) in [4.78, 5) is 23.5. The SMILES string of the molecule is CC(C)(CC/C=C/C(=O)O)[C@H](OC(=O)Nc1ccc(C#N)cc1)c1cccc(OCCO)c1. The van der Waals surface area contributed by atoms with Crippen molar-refractivity contribution >= 4 is 17.7 Å². The fourth-order valence-corrected chi connectivity index (χ4v) is 3.26. The summed E-state index contributed by atoms with van der Waals surface area (Å²) < 4.78 is 11.3. The predicted octanol–water partition coefficient (Wildman–Crippen LogP) is 4.67. The van der Waals surface area contributed by atoms with E-state index in [1.165, 1.54) is 0 Å². The van der Waals surface area contributed by atoms with Crippen LogP contribution in [-0.4, -0.2) is 35.5 Å². The normalized spacial score (nSPS) is 12.1. The molecule has 0 aliphatic carbocycles. The topological polar surface area (TPSA) is 129 Å². The number of nitrogens with zero attached hydrogens (tertiary/aromatic N) is 1. The molecule has 2 aromatic rings. The number of hydrogen-bond acceptors (Lipinski definition) is 6. The molecule has 0 spiro atoms. The van der Waals surface area contributed by atoms with Crippen LogP contribution >= 0.6 is 0 Å². The average Bonchev–Trinajstić information content (AvgIpc) is 2.79. The highest BCUT2D eigenvalue weighted by Gasteiger charge is 2.34. The summed E-state index contributed by atoms with van der Waals surface area (Å²) in [6.45, 7) is 3.88. The highest BCUT2D eigenvalue weighted by atomic mass is 16.6. The first-order valence-electron chi connectivity index (χ1n) is 10.5. The first-order chi connectivity index (χ1) is 15.7. The molecular formula is C25H28N2O6. The van der Waals surface area contributed by atoms with E-state index < -0.39 is 23.6 Å². The highest BCUT2D eigenvalue weighted by Crippen LogP contribution is 2.41. The van der Waals surface area contributed by atoms with E-state index in [2.05, 4.69) is 5.32 Å². The first kappa shape index (κ1) is 25.4. The Balaban J connectivity index is 2.24. The van der Waals surface area contributed by atoms with Gasteiger partial charge in [0.15, 0.2) is 0 Å². The molecule has 2 aromatic carbocycles. The van der Waals surface area contributed by atoms with E-state index in [9.17, 15) is 9.59 Å². The van der Waals surface area contributed by atoms with Crippen molar-refractivity contribution < 1.29 is 29.3 Å². The number of carboxylic acids is 1. The van der Waals surface area contributed by atoms with Crippen molar-refractivity contribution in [2.45, 2.75) is 32.8 Å². The van der Waals surface area contributed by atoms with Gasteiger partial charge in [-0.3, -0.25) is 5.32 Å². The molecule has 1 atom stereocenters. The summed E-state index contributed by atoms with van der Waals surface area (Å²) in [6.07, 6.45) is 2.35. The number of ether oxygens (including phenoxy) is 2. The van der Waals surface area contributed by atoms with Crippen molar-refractivity contribution in [3.05, 3.63) is 71.8 Å². The Bertz CT molecular complexity index is 1010. The molecule has 0 aliphatic heterocycles. The van der Waals surface area contributed by atoms with Gasteiger partial charge in [-0.25, -0.2) is 9.59 Å². The summed E-state index contributed by atoms with van der Waals surface area (Å²) in [5.41, 5.74) is 1.11. The number of hydrogen-bond donors (Lipinski definition) is 3. The quantitative estimate of drug-likeness (QED) is 0.423. The molecule has 0 aromatic heterocycles. The number of rotatable bonds is 11. The lowest BCUT2D eigenvalue weighted by molar-refractivity contribution is -0.131. The van der Waals surface area contributed by atoms with Gasteiger partial charge in [-0.1, -0.05) is 32.1 Å². The fraction of sp³-hybridized carbons (Fsp3) is 0.320. The van der Waals surface area contributed by atoms with Crippen molar-refractivity contribution in [3.8, 4) is 11.8 Å². The van der Waals surface area contributed by atoms with Gasteiger partial charge in [0, 0.05) is 17.2 Å². The smallest absolute Gasteiger partial charge is 0.412 e. The third kappa shape index (κ3) is 8.31. The minimum atomic E-state index is -1.02. The van der Waals surface area contributed by atoms with E-state index >= 15 is 0 Å². The maximum atomic E-state index is 12.7. The number of aliphatic carboxylic acids is 1. The molecule has 8 nitrogen and oxygen atoms in total. The van der Waals surface area contributed by atoms with Crippen LogP contribution in [-0.2, 0) is 9.53 Å². The number of carboxylic acid groups (broad SMARTS) is 1. The molecule has 0 unspecified atom stereocenters. The number of allylic oxidation sites excluding steroid dienone is 1. The number of carbonyl (C=O) groups excluding carboxylic acids is 1. The third-order valence-electron chi connectivity index (χ3n) is 4.93. The lowest BCUT2D eigenvalue weighted by Crippen LogP contribution is -2.29. The molecule has 0 fully saturated rings. The maximum absolute atomic E-state index is 12.7. The fourth-order valence-electron chi connectivity index (χ4n) is 3.26. The molecule has 0 bridgehead atoms. The van der Waals surface area contributed by atoms with Crippen LogP contribution < -0.4 is 10.1 Å². The van der Waals surface area contributed by atoms with Gasteiger partial charge in [0.2, 0.25) is 0 Å². The van der Waals surface area contributed by atoms with Gasteiger partial charge in [0.05, 0.1) is 18.2 Å². The number of anilines is 1. The molecule has 8 heteroatoms. The predicted molar refractivity (Wildman–Crippen MR) is 123 cm³/mol. The minimum absolute atomic E-state index is 0.126. The summed E-state index contributed by atoms with van der Waals surface area (Å²) in [6, 6.07) is 15.5.